The van der Waals surface area contributed by atoms with E-state index in [1.54, 1.807) is 24.1 Å². The van der Waals surface area contributed by atoms with Gasteiger partial charge in [-0.25, -0.2) is 9.18 Å². The summed E-state index contributed by atoms with van der Waals surface area (Å²) in [4.78, 5) is 33.6. The zero-order valence-electron chi connectivity index (χ0n) is 17.9. The van der Waals surface area contributed by atoms with Crippen LogP contribution in [-0.2, 0) is 4.79 Å². The monoisotopic (exact) mass is 435 g/mol. The molecule has 5 rings (SSSR count). The molecule has 3 aliphatic heterocycles. The number of amides is 3. The van der Waals surface area contributed by atoms with Crippen molar-refractivity contribution in [2.24, 2.45) is 0 Å². The first-order chi connectivity index (χ1) is 15.5. The Morgan fingerprint density at radius 1 is 1.06 bits per heavy atom. The number of likely N-dealkylation sites (N-methyl/N-ethyl adjacent to an activating group) is 1. The number of rotatable bonds is 4. The molecule has 2 aromatic carbocycles. The molecule has 3 atom stereocenters. The van der Waals surface area contributed by atoms with Crippen LogP contribution in [-0.4, -0.2) is 71.8 Å². The summed E-state index contributed by atoms with van der Waals surface area (Å²) in [5, 5.41) is 3.47. The highest BCUT2D eigenvalue weighted by Gasteiger charge is 2.55. The standard InChI is InChI=1S/C24H26FN5O2/c1-27-21-20(22(31)30(24(27)32)14-5-9-17-7-3-2-4-8-17)29-16-6-15-28(23(29)26-21)19-12-10-18(25)11-13-19/h2-5,7-13,20-21,23,26H,6,14-16H2,1H3/b9-5+. The quantitative estimate of drug-likeness (QED) is 0.800. The minimum atomic E-state index is -0.462. The topological polar surface area (TPSA) is 59.1 Å². The van der Waals surface area contributed by atoms with Gasteiger partial charge in [-0.15, -0.1) is 0 Å². The predicted molar refractivity (Wildman–Crippen MR) is 120 cm³/mol. The van der Waals surface area contributed by atoms with E-state index in [9.17, 15) is 14.0 Å². The average Bonchev–Trinajstić information content (AvgIpc) is 3.21. The Hall–Kier alpha value is -3.23. The Balaban J connectivity index is 1.37. The first-order valence-corrected chi connectivity index (χ1v) is 10.9. The molecular formula is C24H26FN5O2. The fourth-order valence-corrected chi connectivity index (χ4v) is 4.84. The summed E-state index contributed by atoms with van der Waals surface area (Å²) in [5.74, 6) is -0.470. The molecule has 166 valence electrons. The van der Waals surface area contributed by atoms with Crippen molar-refractivity contribution >= 4 is 23.7 Å². The summed E-state index contributed by atoms with van der Waals surface area (Å²) in [6.45, 7) is 1.76. The number of nitrogens with zero attached hydrogens (tertiary/aromatic N) is 4. The van der Waals surface area contributed by atoms with Gasteiger partial charge in [0.25, 0.3) is 5.91 Å². The maximum Gasteiger partial charge on any atom is 0.328 e. The van der Waals surface area contributed by atoms with Gasteiger partial charge in [-0.2, -0.15) is 0 Å². The SMILES string of the molecule is CN1C(=O)N(C/C=C/c2ccccc2)C(=O)C2C1NC1N(c3ccc(F)cc3)CCCN21. The Bertz CT molecular complexity index is 1030. The third kappa shape index (κ3) is 3.55. The Morgan fingerprint density at radius 2 is 1.81 bits per heavy atom. The van der Waals surface area contributed by atoms with Gasteiger partial charge in [0.05, 0.1) is 0 Å². The Labute approximate surface area is 186 Å². The highest BCUT2D eigenvalue weighted by atomic mass is 19.1. The number of benzene rings is 2. The maximum atomic E-state index is 13.4. The smallest absolute Gasteiger partial charge is 0.328 e. The number of carbonyl (C=O) groups is 2. The van der Waals surface area contributed by atoms with Crippen molar-refractivity contribution in [1.82, 2.24) is 20.0 Å². The molecule has 1 N–H and O–H groups in total. The molecule has 3 saturated heterocycles. The number of hydrogen-bond donors (Lipinski definition) is 1. The molecule has 3 fully saturated rings. The van der Waals surface area contributed by atoms with Crippen LogP contribution >= 0.6 is 0 Å². The van der Waals surface area contributed by atoms with Crippen LogP contribution in [0.1, 0.15) is 12.0 Å². The lowest BCUT2D eigenvalue weighted by Crippen LogP contribution is -2.66. The number of fused-ring (bicyclic) bond motifs is 3. The molecular weight excluding hydrogens is 409 g/mol. The van der Waals surface area contributed by atoms with Crippen LogP contribution in [0.5, 0.6) is 0 Å². The number of carbonyl (C=O) groups excluding carboxylic acids is 2. The van der Waals surface area contributed by atoms with E-state index in [1.165, 1.54) is 17.0 Å². The number of halogens is 1. The second-order valence-electron chi connectivity index (χ2n) is 8.35. The number of nitrogens with one attached hydrogen (secondary N) is 1. The van der Waals surface area contributed by atoms with Crippen LogP contribution in [0.25, 0.3) is 6.08 Å². The van der Waals surface area contributed by atoms with Crippen molar-refractivity contribution in [2.45, 2.75) is 24.9 Å². The zero-order valence-corrected chi connectivity index (χ0v) is 17.9. The van der Waals surface area contributed by atoms with Gasteiger partial charge >= 0.3 is 6.03 Å². The van der Waals surface area contributed by atoms with E-state index in [-0.39, 0.29) is 30.6 Å². The van der Waals surface area contributed by atoms with Crippen LogP contribution in [0, 0.1) is 5.82 Å². The minimum absolute atomic E-state index is 0.188. The molecule has 0 spiro atoms. The molecule has 0 radical (unpaired) electrons. The largest absolute Gasteiger partial charge is 0.343 e. The lowest BCUT2D eigenvalue weighted by Gasteiger charge is -2.43. The number of imide groups is 1. The molecule has 3 aliphatic rings. The van der Waals surface area contributed by atoms with Crippen molar-refractivity contribution in [1.29, 1.82) is 0 Å². The summed E-state index contributed by atoms with van der Waals surface area (Å²) in [6, 6.07) is 15.4. The van der Waals surface area contributed by atoms with Crippen molar-refractivity contribution in [3.8, 4) is 0 Å². The second-order valence-corrected chi connectivity index (χ2v) is 8.35. The van der Waals surface area contributed by atoms with E-state index in [4.69, 9.17) is 0 Å². The van der Waals surface area contributed by atoms with Gasteiger partial charge in [0, 0.05) is 32.4 Å². The lowest BCUT2D eigenvalue weighted by molar-refractivity contribution is -0.138. The van der Waals surface area contributed by atoms with Crippen LogP contribution in [0.4, 0.5) is 14.9 Å². The molecule has 32 heavy (non-hydrogen) atoms. The molecule has 2 aromatic rings. The van der Waals surface area contributed by atoms with E-state index in [1.807, 2.05) is 42.5 Å². The van der Waals surface area contributed by atoms with Gasteiger partial charge in [0.15, 0.2) is 0 Å². The highest BCUT2D eigenvalue weighted by Crippen LogP contribution is 2.33. The van der Waals surface area contributed by atoms with Crippen LogP contribution in [0.3, 0.4) is 0 Å². The Kier molecular flexibility index (Phi) is 5.40. The van der Waals surface area contributed by atoms with E-state index in [2.05, 4.69) is 15.1 Å². The third-order valence-corrected chi connectivity index (χ3v) is 6.43. The number of anilines is 1. The average molecular weight is 436 g/mol. The fraction of sp³-hybridized carbons (Fsp3) is 0.333. The van der Waals surface area contributed by atoms with Crippen molar-refractivity contribution in [3.63, 3.8) is 0 Å². The maximum absolute atomic E-state index is 13.4. The molecule has 3 heterocycles. The molecule has 7 nitrogen and oxygen atoms in total. The van der Waals surface area contributed by atoms with Gasteiger partial charge in [0.2, 0.25) is 0 Å². The summed E-state index contributed by atoms with van der Waals surface area (Å²) in [5.41, 5.74) is 1.90. The van der Waals surface area contributed by atoms with Gasteiger partial charge in [-0.1, -0.05) is 42.5 Å². The van der Waals surface area contributed by atoms with Crippen molar-refractivity contribution in [3.05, 3.63) is 72.1 Å². The van der Waals surface area contributed by atoms with Crippen molar-refractivity contribution in [2.75, 3.05) is 31.6 Å². The van der Waals surface area contributed by atoms with Gasteiger partial charge < -0.3 is 9.80 Å². The zero-order chi connectivity index (χ0) is 22.2. The Morgan fingerprint density at radius 3 is 2.56 bits per heavy atom. The van der Waals surface area contributed by atoms with E-state index >= 15 is 0 Å². The highest BCUT2D eigenvalue weighted by molar-refractivity contribution is 6.00. The van der Waals surface area contributed by atoms with E-state index < -0.39 is 12.2 Å². The summed E-state index contributed by atoms with van der Waals surface area (Å²) >= 11 is 0. The van der Waals surface area contributed by atoms with Crippen LogP contribution < -0.4 is 10.2 Å². The predicted octanol–water partition coefficient (Wildman–Crippen LogP) is 2.53. The molecule has 8 heteroatoms. The summed E-state index contributed by atoms with van der Waals surface area (Å²) in [6.07, 6.45) is 4.00. The molecule has 0 saturated carbocycles. The molecule has 0 aliphatic carbocycles. The van der Waals surface area contributed by atoms with E-state index in [0.29, 0.717) is 0 Å². The van der Waals surface area contributed by atoms with E-state index in [0.717, 1.165) is 30.8 Å². The molecule has 0 aromatic heterocycles. The van der Waals surface area contributed by atoms with Crippen LogP contribution in [0.2, 0.25) is 0 Å². The fourth-order valence-electron chi connectivity index (χ4n) is 4.84. The molecule has 3 unspecified atom stereocenters. The van der Waals surface area contributed by atoms with Crippen molar-refractivity contribution < 1.29 is 14.0 Å². The summed E-state index contributed by atoms with van der Waals surface area (Å²) in [7, 11) is 1.73. The van der Waals surface area contributed by atoms with Gasteiger partial charge in [0.1, 0.15) is 24.3 Å². The molecule has 0 bridgehead atoms. The van der Waals surface area contributed by atoms with Gasteiger partial charge in [-0.3, -0.25) is 19.9 Å². The van der Waals surface area contributed by atoms with Crippen LogP contribution in [0.15, 0.2) is 60.7 Å². The third-order valence-electron chi connectivity index (χ3n) is 6.43. The lowest BCUT2D eigenvalue weighted by atomic mass is 10.1. The normalized spacial score (nSPS) is 26.1. The first kappa shape index (κ1) is 20.7. The number of hydrogen-bond acceptors (Lipinski definition) is 5. The minimum Gasteiger partial charge on any atom is -0.343 e. The second kappa shape index (κ2) is 8.37. The molecule has 3 amide bonds. The summed E-state index contributed by atoms with van der Waals surface area (Å²) < 4.78 is 13.4. The number of urea groups is 1. The van der Waals surface area contributed by atoms with Gasteiger partial charge in [-0.05, 0) is 36.2 Å². The first-order valence-electron chi connectivity index (χ1n) is 10.9.